The first-order chi connectivity index (χ1) is 13.9. The molecule has 1 fully saturated rings. The number of aryl methyl sites for hydroxylation is 1. The van der Waals surface area contributed by atoms with E-state index in [1.54, 1.807) is 41.3 Å². The number of esters is 1. The van der Waals surface area contributed by atoms with Gasteiger partial charge in [-0.05, 0) is 31.9 Å². The van der Waals surface area contributed by atoms with Gasteiger partial charge in [-0.2, -0.15) is 0 Å². The number of carbonyl (C=O) groups is 2. The minimum absolute atomic E-state index is 0.170. The van der Waals surface area contributed by atoms with Crippen LogP contribution in [0.2, 0.25) is 0 Å². The van der Waals surface area contributed by atoms with Crippen molar-refractivity contribution in [1.82, 2.24) is 4.90 Å². The molecule has 0 radical (unpaired) electrons. The average Bonchev–Trinajstić information content (AvgIpc) is 3.26. The molecule has 154 valence electrons. The van der Waals surface area contributed by atoms with Crippen molar-refractivity contribution in [1.29, 1.82) is 0 Å². The molecule has 1 heterocycles. The summed E-state index contributed by atoms with van der Waals surface area (Å²) in [5.74, 6) is -1.33. The van der Waals surface area contributed by atoms with Crippen LogP contribution >= 0.6 is 0 Å². The molecule has 0 N–H and O–H groups in total. The Hall–Kier alpha value is -2.67. The van der Waals surface area contributed by atoms with Gasteiger partial charge in [0, 0.05) is 18.7 Å². The molecule has 1 atom stereocenters. The van der Waals surface area contributed by atoms with Gasteiger partial charge in [0.25, 0.3) is 5.91 Å². The maximum Gasteiger partial charge on any atom is 0.307 e. The van der Waals surface area contributed by atoms with E-state index in [0.717, 1.165) is 18.4 Å². The van der Waals surface area contributed by atoms with Crippen molar-refractivity contribution in [3.63, 3.8) is 0 Å². The van der Waals surface area contributed by atoms with E-state index >= 15 is 0 Å². The first-order valence-electron chi connectivity index (χ1n) is 9.69. The van der Waals surface area contributed by atoms with Gasteiger partial charge in [0.2, 0.25) is 6.10 Å². The third-order valence-electron chi connectivity index (χ3n) is 4.95. The van der Waals surface area contributed by atoms with Crippen LogP contribution in [-0.2, 0) is 24.2 Å². The predicted octanol–water partition coefficient (Wildman–Crippen LogP) is 3.07. The topological polar surface area (TPSA) is 80.7 Å². The van der Waals surface area contributed by atoms with Crippen LogP contribution < -0.4 is 0 Å². The van der Waals surface area contributed by atoms with Crippen molar-refractivity contribution >= 4 is 21.7 Å². The Bertz CT molecular complexity index is 948. The zero-order valence-corrected chi connectivity index (χ0v) is 17.2. The van der Waals surface area contributed by atoms with Gasteiger partial charge in [-0.3, -0.25) is 9.59 Å². The monoisotopic (exact) mass is 415 g/mol. The highest BCUT2D eigenvalue weighted by Crippen LogP contribution is 2.24. The summed E-state index contributed by atoms with van der Waals surface area (Å²) in [6.45, 7) is 3.15. The van der Waals surface area contributed by atoms with Crippen LogP contribution in [-0.4, -0.2) is 44.0 Å². The highest BCUT2D eigenvalue weighted by Gasteiger charge is 2.31. The Morgan fingerprint density at radius 1 is 1.00 bits per heavy atom. The second-order valence-corrected chi connectivity index (χ2v) is 9.30. The number of likely N-dealkylation sites (tertiary alicyclic amines) is 1. The third kappa shape index (κ3) is 5.44. The Morgan fingerprint density at radius 2 is 1.62 bits per heavy atom. The lowest BCUT2D eigenvalue weighted by Crippen LogP contribution is -2.35. The molecular weight excluding hydrogens is 390 g/mol. The van der Waals surface area contributed by atoms with Crippen LogP contribution in [0.3, 0.4) is 0 Å². The first kappa shape index (κ1) is 21.0. The smallest absolute Gasteiger partial charge is 0.307 e. The summed E-state index contributed by atoms with van der Waals surface area (Å²) >= 11 is 0. The van der Waals surface area contributed by atoms with Crippen molar-refractivity contribution in [3.8, 4) is 0 Å². The molecule has 1 aliphatic heterocycles. The number of hydrogen-bond acceptors (Lipinski definition) is 5. The van der Waals surface area contributed by atoms with Gasteiger partial charge in [-0.15, -0.1) is 0 Å². The van der Waals surface area contributed by atoms with E-state index in [2.05, 4.69) is 0 Å². The molecule has 0 bridgehead atoms. The number of benzene rings is 2. The lowest BCUT2D eigenvalue weighted by Gasteiger charge is -2.23. The van der Waals surface area contributed by atoms with Crippen molar-refractivity contribution in [3.05, 3.63) is 65.7 Å². The fourth-order valence-electron chi connectivity index (χ4n) is 3.26. The zero-order chi connectivity index (χ0) is 20.9. The summed E-state index contributed by atoms with van der Waals surface area (Å²) < 4.78 is 30.4. The molecule has 1 saturated heterocycles. The second-order valence-electron chi connectivity index (χ2n) is 7.19. The van der Waals surface area contributed by atoms with Gasteiger partial charge in [0.15, 0.2) is 9.84 Å². The quantitative estimate of drug-likeness (QED) is 0.649. The van der Waals surface area contributed by atoms with Crippen LogP contribution in [0.15, 0.2) is 59.5 Å². The van der Waals surface area contributed by atoms with Gasteiger partial charge in [-0.1, -0.05) is 48.0 Å². The minimum atomic E-state index is -3.60. The van der Waals surface area contributed by atoms with E-state index in [9.17, 15) is 18.0 Å². The molecule has 1 amide bonds. The molecule has 7 heteroatoms. The number of rotatable bonds is 7. The third-order valence-corrected chi connectivity index (χ3v) is 6.68. The molecule has 0 aliphatic carbocycles. The van der Waals surface area contributed by atoms with Gasteiger partial charge in [0.05, 0.1) is 17.1 Å². The summed E-state index contributed by atoms with van der Waals surface area (Å²) in [6, 6.07) is 15.3. The SMILES string of the molecule is Cc1ccc(S(=O)(=O)CCC(=O)O[C@@H](C(=O)N2CCCC2)c2ccccc2)cc1. The molecular formula is C22H25NO5S. The highest BCUT2D eigenvalue weighted by atomic mass is 32.2. The summed E-state index contributed by atoms with van der Waals surface area (Å²) in [7, 11) is -3.60. The fourth-order valence-corrected chi connectivity index (χ4v) is 4.49. The largest absolute Gasteiger partial charge is 0.447 e. The number of carbonyl (C=O) groups excluding carboxylic acids is 2. The van der Waals surface area contributed by atoms with E-state index in [4.69, 9.17) is 4.74 Å². The second kappa shape index (κ2) is 9.22. The average molecular weight is 416 g/mol. The maximum absolute atomic E-state index is 12.9. The van der Waals surface area contributed by atoms with Crippen LogP contribution in [0.5, 0.6) is 0 Å². The molecule has 29 heavy (non-hydrogen) atoms. The molecule has 0 spiro atoms. The Kier molecular flexibility index (Phi) is 6.69. The Labute approximate surface area is 171 Å². The predicted molar refractivity (Wildman–Crippen MR) is 109 cm³/mol. The van der Waals surface area contributed by atoms with Crippen LogP contribution in [0.1, 0.15) is 36.5 Å². The fraction of sp³-hybridized carbons (Fsp3) is 0.364. The number of amides is 1. The van der Waals surface area contributed by atoms with E-state index in [1.807, 2.05) is 13.0 Å². The van der Waals surface area contributed by atoms with E-state index < -0.39 is 21.9 Å². The number of ether oxygens (including phenoxy) is 1. The Morgan fingerprint density at radius 3 is 2.24 bits per heavy atom. The number of sulfone groups is 1. The molecule has 6 nitrogen and oxygen atoms in total. The molecule has 2 aromatic rings. The first-order valence-corrected chi connectivity index (χ1v) is 11.3. The molecule has 0 saturated carbocycles. The summed E-state index contributed by atoms with van der Waals surface area (Å²) in [5, 5.41) is 0. The summed E-state index contributed by atoms with van der Waals surface area (Å²) in [5.41, 5.74) is 1.54. The van der Waals surface area contributed by atoms with Gasteiger partial charge < -0.3 is 9.64 Å². The summed E-state index contributed by atoms with van der Waals surface area (Å²) in [4.78, 5) is 27.1. The van der Waals surface area contributed by atoms with Crippen molar-refractivity contribution in [2.45, 2.75) is 37.2 Å². The van der Waals surface area contributed by atoms with Gasteiger partial charge in [0.1, 0.15) is 0 Å². The molecule has 0 aromatic heterocycles. The molecule has 0 unspecified atom stereocenters. The van der Waals surface area contributed by atoms with E-state index in [1.165, 1.54) is 12.1 Å². The van der Waals surface area contributed by atoms with Crippen molar-refractivity contribution in [2.75, 3.05) is 18.8 Å². The van der Waals surface area contributed by atoms with Crippen LogP contribution in [0.25, 0.3) is 0 Å². The lowest BCUT2D eigenvalue weighted by molar-refractivity contribution is -0.160. The molecule has 3 rings (SSSR count). The molecule has 2 aromatic carbocycles. The van der Waals surface area contributed by atoms with Crippen LogP contribution in [0, 0.1) is 6.92 Å². The number of hydrogen-bond donors (Lipinski definition) is 0. The van der Waals surface area contributed by atoms with Crippen molar-refractivity contribution < 1.29 is 22.7 Å². The van der Waals surface area contributed by atoms with Crippen LogP contribution in [0.4, 0.5) is 0 Å². The van der Waals surface area contributed by atoms with E-state index in [0.29, 0.717) is 18.7 Å². The molecule has 1 aliphatic rings. The van der Waals surface area contributed by atoms with Gasteiger partial charge >= 0.3 is 5.97 Å². The Balaban J connectivity index is 1.68. The summed E-state index contributed by atoms with van der Waals surface area (Å²) in [6.07, 6.45) is 0.489. The normalized spacial score (nSPS) is 15.1. The lowest BCUT2D eigenvalue weighted by atomic mass is 10.1. The number of nitrogens with zero attached hydrogens (tertiary/aromatic N) is 1. The van der Waals surface area contributed by atoms with Gasteiger partial charge in [-0.25, -0.2) is 8.42 Å². The van der Waals surface area contributed by atoms with Crippen molar-refractivity contribution in [2.24, 2.45) is 0 Å². The van der Waals surface area contributed by atoms with E-state index in [-0.39, 0.29) is 23.0 Å². The maximum atomic E-state index is 12.9. The minimum Gasteiger partial charge on any atom is -0.447 e. The highest BCUT2D eigenvalue weighted by molar-refractivity contribution is 7.91. The zero-order valence-electron chi connectivity index (χ0n) is 16.4. The standard InChI is InChI=1S/C22H25NO5S/c1-17-9-11-19(12-10-17)29(26,27)16-13-20(24)28-21(18-7-3-2-4-8-18)22(25)23-14-5-6-15-23/h2-4,7-12,21H,5-6,13-16H2,1H3/t21-/m1/s1.